The lowest BCUT2D eigenvalue weighted by Crippen LogP contribution is -2.50. The number of carbonyl (C=O) groups is 3. The third-order valence-corrected chi connectivity index (χ3v) is 7.45. The van der Waals surface area contributed by atoms with Gasteiger partial charge in [-0.05, 0) is 30.3 Å². The molecule has 3 aromatic carbocycles. The van der Waals surface area contributed by atoms with Crippen LogP contribution in [0.4, 0.5) is 17.1 Å². The van der Waals surface area contributed by atoms with Gasteiger partial charge in [0.15, 0.2) is 0 Å². The Balaban J connectivity index is 1.48. The molecule has 0 radical (unpaired) electrons. The van der Waals surface area contributed by atoms with Crippen molar-refractivity contribution in [3.63, 3.8) is 0 Å². The molecule has 1 saturated heterocycles. The van der Waals surface area contributed by atoms with Gasteiger partial charge >= 0.3 is 0 Å². The number of benzene rings is 3. The van der Waals surface area contributed by atoms with Gasteiger partial charge in [0.2, 0.25) is 16.7 Å². The second-order valence-electron chi connectivity index (χ2n) is 8.02. The van der Waals surface area contributed by atoms with Crippen molar-refractivity contribution in [2.75, 3.05) is 41.6 Å². The molecule has 0 unspecified atom stereocenters. The van der Waals surface area contributed by atoms with Crippen LogP contribution in [-0.4, -0.2) is 44.2 Å². The van der Waals surface area contributed by atoms with Crippen molar-refractivity contribution in [2.45, 2.75) is 4.87 Å². The van der Waals surface area contributed by atoms with E-state index in [9.17, 15) is 14.4 Å². The second-order valence-corrected chi connectivity index (χ2v) is 9.19. The fourth-order valence-corrected chi connectivity index (χ4v) is 5.88. The minimum atomic E-state index is -1.26. The zero-order valence-corrected chi connectivity index (χ0v) is 20.0. The molecule has 1 fully saturated rings. The van der Waals surface area contributed by atoms with E-state index in [0.717, 1.165) is 0 Å². The van der Waals surface area contributed by atoms with Gasteiger partial charge < -0.3 is 14.8 Å². The smallest absolute Gasteiger partial charge is 0.269 e. The molecular formula is C26H23N3O5S. The first kappa shape index (κ1) is 22.8. The number of para-hydroxylation sites is 2. The van der Waals surface area contributed by atoms with Gasteiger partial charge in [-0.15, -0.1) is 11.8 Å². The summed E-state index contributed by atoms with van der Waals surface area (Å²) < 4.78 is 10.6. The first-order chi connectivity index (χ1) is 17.0. The molecule has 2 heterocycles. The van der Waals surface area contributed by atoms with Gasteiger partial charge in [0, 0.05) is 17.3 Å². The average Bonchev–Trinajstić information content (AvgIpc) is 3.35. The first-order valence-corrected chi connectivity index (χ1v) is 11.9. The van der Waals surface area contributed by atoms with Crippen molar-refractivity contribution < 1.29 is 23.9 Å². The maximum Gasteiger partial charge on any atom is 0.269 e. The molecule has 2 aliphatic heterocycles. The molecule has 1 spiro atoms. The molecule has 8 nitrogen and oxygen atoms in total. The highest BCUT2D eigenvalue weighted by Gasteiger charge is 2.61. The molecular weight excluding hydrogens is 466 g/mol. The average molecular weight is 490 g/mol. The fourth-order valence-electron chi connectivity index (χ4n) is 4.52. The standard InChI is InChI=1S/C26H23N3O5S/c1-33-18-12-13-20(22(14-18)34-2)27-23(30)15-28-21-11-7-6-10-19(21)26(25(28)32)29(24(31)16-35-26)17-8-4-3-5-9-17/h3-14H,15-16H2,1-2H3,(H,27,30)/t26-/m0/s1. The maximum atomic E-state index is 14.0. The lowest BCUT2D eigenvalue weighted by molar-refractivity contribution is -0.124. The van der Waals surface area contributed by atoms with Crippen molar-refractivity contribution in [2.24, 2.45) is 0 Å². The molecule has 178 valence electrons. The van der Waals surface area contributed by atoms with Crippen molar-refractivity contribution in [3.05, 3.63) is 78.4 Å². The molecule has 0 bridgehead atoms. The Bertz CT molecular complexity index is 1320. The number of carbonyl (C=O) groups excluding carboxylic acids is 3. The summed E-state index contributed by atoms with van der Waals surface area (Å²) in [4.78, 5) is 41.9. The molecule has 35 heavy (non-hydrogen) atoms. The highest BCUT2D eigenvalue weighted by atomic mass is 32.2. The minimum Gasteiger partial charge on any atom is -0.497 e. The van der Waals surface area contributed by atoms with E-state index in [4.69, 9.17) is 9.47 Å². The molecule has 0 aromatic heterocycles. The summed E-state index contributed by atoms with van der Waals surface area (Å²) >= 11 is 1.28. The van der Waals surface area contributed by atoms with Crippen LogP contribution in [0.15, 0.2) is 72.8 Å². The Kier molecular flexibility index (Phi) is 5.86. The van der Waals surface area contributed by atoms with Gasteiger partial charge in [-0.1, -0.05) is 36.4 Å². The van der Waals surface area contributed by atoms with Crippen LogP contribution >= 0.6 is 11.8 Å². The molecule has 1 atom stereocenters. The zero-order chi connectivity index (χ0) is 24.6. The predicted octanol–water partition coefficient (Wildman–Crippen LogP) is 3.62. The van der Waals surface area contributed by atoms with Gasteiger partial charge in [0.05, 0.1) is 31.3 Å². The van der Waals surface area contributed by atoms with Gasteiger partial charge in [0.1, 0.15) is 18.0 Å². The van der Waals surface area contributed by atoms with Gasteiger partial charge in [-0.3, -0.25) is 24.2 Å². The fraction of sp³-hybridized carbons (Fsp3) is 0.192. The van der Waals surface area contributed by atoms with Gasteiger partial charge in [-0.2, -0.15) is 0 Å². The quantitative estimate of drug-likeness (QED) is 0.569. The van der Waals surface area contributed by atoms with E-state index < -0.39 is 10.8 Å². The molecule has 2 aliphatic rings. The highest BCUT2D eigenvalue weighted by Crippen LogP contribution is 2.55. The lowest BCUT2D eigenvalue weighted by Gasteiger charge is -2.33. The highest BCUT2D eigenvalue weighted by molar-refractivity contribution is 8.02. The Hall–Kier alpha value is -3.98. The van der Waals surface area contributed by atoms with E-state index in [-0.39, 0.29) is 24.1 Å². The van der Waals surface area contributed by atoms with Crippen molar-refractivity contribution in [3.8, 4) is 11.5 Å². The Morgan fingerprint density at radius 1 is 1.00 bits per heavy atom. The maximum absolute atomic E-state index is 14.0. The topological polar surface area (TPSA) is 88.2 Å². The minimum absolute atomic E-state index is 0.154. The van der Waals surface area contributed by atoms with E-state index in [2.05, 4.69) is 5.32 Å². The van der Waals surface area contributed by atoms with Gasteiger partial charge in [-0.25, -0.2) is 0 Å². The van der Waals surface area contributed by atoms with Crippen molar-refractivity contribution >= 4 is 46.5 Å². The summed E-state index contributed by atoms with van der Waals surface area (Å²) in [6, 6.07) is 21.5. The van der Waals surface area contributed by atoms with Crippen LogP contribution in [0, 0.1) is 0 Å². The summed E-state index contributed by atoms with van der Waals surface area (Å²) in [7, 11) is 3.05. The third kappa shape index (κ3) is 3.68. The molecule has 5 rings (SSSR count). The number of rotatable bonds is 6. The summed E-state index contributed by atoms with van der Waals surface area (Å²) in [6.45, 7) is -0.218. The Morgan fingerprint density at radius 2 is 1.74 bits per heavy atom. The zero-order valence-electron chi connectivity index (χ0n) is 19.2. The van der Waals surface area contributed by atoms with Crippen LogP contribution < -0.4 is 24.6 Å². The van der Waals surface area contributed by atoms with Crippen LogP contribution in [-0.2, 0) is 19.3 Å². The summed E-state index contributed by atoms with van der Waals surface area (Å²) in [6.07, 6.45) is 0. The van der Waals surface area contributed by atoms with E-state index in [0.29, 0.717) is 34.1 Å². The normalized spacial score (nSPS) is 18.7. The number of anilines is 3. The number of ether oxygens (including phenoxy) is 2. The number of hydrogen-bond donors (Lipinski definition) is 1. The van der Waals surface area contributed by atoms with Crippen molar-refractivity contribution in [1.29, 1.82) is 0 Å². The number of nitrogens with zero attached hydrogens (tertiary/aromatic N) is 2. The molecule has 1 N–H and O–H groups in total. The summed E-state index contributed by atoms with van der Waals surface area (Å²) in [5.74, 6) is 0.324. The first-order valence-electron chi connectivity index (χ1n) is 10.9. The van der Waals surface area contributed by atoms with E-state index in [1.165, 1.54) is 23.8 Å². The summed E-state index contributed by atoms with van der Waals surface area (Å²) in [5.41, 5.74) is 2.40. The third-order valence-electron chi connectivity index (χ3n) is 6.06. The predicted molar refractivity (Wildman–Crippen MR) is 135 cm³/mol. The van der Waals surface area contributed by atoms with Crippen molar-refractivity contribution in [1.82, 2.24) is 0 Å². The molecule has 0 saturated carbocycles. The number of amides is 3. The molecule has 3 aromatic rings. The molecule has 0 aliphatic carbocycles. The Morgan fingerprint density at radius 3 is 2.49 bits per heavy atom. The lowest BCUT2D eigenvalue weighted by atomic mass is 10.0. The number of thioether (sulfide) groups is 1. The number of hydrogen-bond acceptors (Lipinski definition) is 6. The van der Waals surface area contributed by atoms with E-state index in [1.54, 1.807) is 36.3 Å². The molecule has 9 heteroatoms. The second kappa shape index (κ2) is 8.99. The summed E-state index contributed by atoms with van der Waals surface area (Å²) in [5, 5.41) is 2.82. The SMILES string of the molecule is COc1ccc(NC(=O)CN2C(=O)[C@@]3(SCC(=O)N3c3ccccc3)c3ccccc32)c(OC)c1. The Labute approximate surface area is 206 Å². The van der Waals surface area contributed by atoms with E-state index >= 15 is 0 Å². The number of fused-ring (bicyclic) bond motifs is 2. The molecule has 3 amide bonds. The van der Waals surface area contributed by atoms with Crippen LogP contribution in [0.5, 0.6) is 11.5 Å². The van der Waals surface area contributed by atoms with E-state index in [1.807, 2.05) is 48.5 Å². The largest absolute Gasteiger partial charge is 0.497 e. The van der Waals surface area contributed by atoms with Gasteiger partial charge in [0.25, 0.3) is 5.91 Å². The van der Waals surface area contributed by atoms with Crippen LogP contribution in [0.2, 0.25) is 0 Å². The van der Waals surface area contributed by atoms with Crippen LogP contribution in [0.1, 0.15) is 5.56 Å². The van der Waals surface area contributed by atoms with Crippen LogP contribution in [0.25, 0.3) is 0 Å². The monoisotopic (exact) mass is 489 g/mol. The number of methoxy groups -OCH3 is 2. The van der Waals surface area contributed by atoms with Crippen LogP contribution in [0.3, 0.4) is 0 Å². The number of nitrogens with one attached hydrogen (secondary N) is 1.